The van der Waals surface area contributed by atoms with Crippen LogP contribution in [-0.2, 0) is 4.74 Å². The molecule has 1 saturated heterocycles. The summed E-state index contributed by atoms with van der Waals surface area (Å²) in [5, 5.41) is 2.72. The monoisotopic (exact) mass is 381 g/mol. The van der Waals surface area contributed by atoms with Crippen molar-refractivity contribution in [2.24, 2.45) is 5.92 Å². The van der Waals surface area contributed by atoms with E-state index in [4.69, 9.17) is 0 Å². The number of aromatic nitrogens is 1. The van der Waals surface area contributed by atoms with Gasteiger partial charge in [0.25, 0.3) is 11.8 Å². The fourth-order valence-electron chi connectivity index (χ4n) is 3.06. The maximum absolute atomic E-state index is 12.7. The van der Waals surface area contributed by atoms with Gasteiger partial charge in [0.05, 0.1) is 12.7 Å². The van der Waals surface area contributed by atoms with Crippen LogP contribution in [0.2, 0.25) is 0 Å². The van der Waals surface area contributed by atoms with Crippen molar-refractivity contribution in [2.75, 3.05) is 25.5 Å². The first-order chi connectivity index (χ1) is 13.5. The lowest BCUT2D eigenvalue weighted by atomic mass is 9.99. The fraction of sp³-hybridized carbons (Fsp3) is 0.333. The highest BCUT2D eigenvalue weighted by molar-refractivity contribution is 6.04. The van der Waals surface area contributed by atoms with E-state index in [1.165, 1.54) is 7.11 Å². The Hall–Kier alpha value is -3.22. The maximum Gasteiger partial charge on any atom is 0.337 e. The van der Waals surface area contributed by atoms with Crippen molar-refractivity contribution in [3.05, 3.63) is 59.4 Å². The third-order valence-corrected chi connectivity index (χ3v) is 4.84. The number of pyridine rings is 1. The molecule has 0 saturated carbocycles. The summed E-state index contributed by atoms with van der Waals surface area (Å²) in [7, 11) is 1.31. The molecule has 0 radical (unpaired) electrons. The van der Waals surface area contributed by atoms with Gasteiger partial charge in [-0.2, -0.15) is 0 Å². The second kappa shape index (κ2) is 8.65. The van der Waals surface area contributed by atoms with Crippen LogP contribution in [0.4, 0.5) is 5.69 Å². The Morgan fingerprint density at radius 1 is 1.04 bits per heavy atom. The Morgan fingerprint density at radius 3 is 2.32 bits per heavy atom. The zero-order valence-electron chi connectivity index (χ0n) is 16.0. The average Bonchev–Trinajstić information content (AvgIpc) is 2.74. The van der Waals surface area contributed by atoms with Gasteiger partial charge in [0, 0.05) is 18.8 Å². The highest BCUT2D eigenvalue weighted by Gasteiger charge is 2.23. The highest BCUT2D eigenvalue weighted by Crippen LogP contribution is 2.18. The first-order valence-corrected chi connectivity index (χ1v) is 9.24. The lowest BCUT2D eigenvalue weighted by Gasteiger charge is -2.30. The second-order valence-corrected chi connectivity index (χ2v) is 6.91. The molecule has 3 rings (SSSR count). The number of amides is 2. The van der Waals surface area contributed by atoms with Gasteiger partial charge in [-0.25, -0.2) is 9.78 Å². The summed E-state index contributed by atoms with van der Waals surface area (Å²) in [5.74, 6) is -0.394. The quantitative estimate of drug-likeness (QED) is 0.823. The largest absolute Gasteiger partial charge is 0.465 e. The van der Waals surface area contributed by atoms with E-state index < -0.39 is 11.9 Å². The molecule has 0 unspecified atom stereocenters. The van der Waals surface area contributed by atoms with Crippen molar-refractivity contribution in [3.8, 4) is 0 Å². The van der Waals surface area contributed by atoms with Crippen LogP contribution in [0.15, 0.2) is 42.5 Å². The van der Waals surface area contributed by atoms with Crippen molar-refractivity contribution in [1.82, 2.24) is 9.88 Å². The fourth-order valence-corrected chi connectivity index (χ4v) is 3.06. The Labute approximate surface area is 163 Å². The van der Waals surface area contributed by atoms with E-state index in [2.05, 4.69) is 22.0 Å². The van der Waals surface area contributed by atoms with Crippen molar-refractivity contribution < 1.29 is 19.1 Å². The summed E-state index contributed by atoms with van der Waals surface area (Å²) < 4.78 is 4.65. The molecular weight excluding hydrogens is 358 g/mol. The molecule has 7 heteroatoms. The van der Waals surface area contributed by atoms with Crippen LogP contribution < -0.4 is 5.32 Å². The first-order valence-electron chi connectivity index (χ1n) is 9.24. The van der Waals surface area contributed by atoms with Gasteiger partial charge in [0.1, 0.15) is 11.4 Å². The molecule has 1 fully saturated rings. The standard InChI is InChI=1S/C21H23N3O4/c1-14-10-12-24(13-11-14)20(26)18-5-3-4-17(23-18)19(25)22-16-8-6-15(7-9-16)21(27)28-2/h3-9,14H,10-13H2,1-2H3,(H,22,25). The Balaban J connectivity index is 1.68. The van der Waals surface area contributed by atoms with Gasteiger partial charge in [0.15, 0.2) is 0 Å². The van der Waals surface area contributed by atoms with Gasteiger partial charge in [-0.3, -0.25) is 9.59 Å². The summed E-state index contributed by atoms with van der Waals surface area (Å²) in [5.41, 5.74) is 1.33. The molecule has 7 nitrogen and oxygen atoms in total. The summed E-state index contributed by atoms with van der Waals surface area (Å²) >= 11 is 0. The van der Waals surface area contributed by atoms with Gasteiger partial charge in [-0.05, 0) is 55.2 Å². The van der Waals surface area contributed by atoms with E-state index >= 15 is 0 Å². The number of hydrogen-bond acceptors (Lipinski definition) is 5. The Kier molecular flexibility index (Phi) is 6.03. The zero-order chi connectivity index (χ0) is 20.1. The number of carbonyl (C=O) groups is 3. The van der Waals surface area contributed by atoms with E-state index in [0.29, 0.717) is 30.3 Å². The molecule has 0 atom stereocenters. The van der Waals surface area contributed by atoms with Crippen LogP contribution >= 0.6 is 0 Å². The molecule has 1 aromatic carbocycles. The van der Waals surface area contributed by atoms with Crippen molar-refractivity contribution in [1.29, 1.82) is 0 Å². The van der Waals surface area contributed by atoms with Crippen LogP contribution in [0.25, 0.3) is 0 Å². The SMILES string of the molecule is COC(=O)c1ccc(NC(=O)c2cccc(C(=O)N3CCC(C)CC3)n2)cc1. The van der Waals surface area contributed by atoms with Crippen LogP contribution in [0.5, 0.6) is 0 Å². The van der Waals surface area contributed by atoms with E-state index in [9.17, 15) is 14.4 Å². The Morgan fingerprint density at radius 2 is 1.68 bits per heavy atom. The molecule has 2 heterocycles. The lowest BCUT2D eigenvalue weighted by molar-refractivity contribution is 0.0600. The minimum absolute atomic E-state index is 0.149. The lowest BCUT2D eigenvalue weighted by Crippen LogP contribution is -2.38. The highest BCUT2D eigenvalue weighted by atomic mass is 16.5. The zero-order valence-corrected chi connectivity index (χ0v) is 16.0. The first kappa shape index (κ1) is 19.5. The molecule has 146 valence electrons. The Bertz CT molecular complexity index is 871. The van der Waals surface area contributed by atoms with Crippen LogP contribution in [0, 0.1) is 5.92 Å². The number of carbonyl (C=O) groups excluding carboxylic acids is 3. The number of rotatable bonds is 4. The molecule has 28 heavy (non-hydrogen) atoms. The summed E-state index contributed by atoms with van der Waals surface area (Å²) in [6, 6.07) is 11.2. The molecule has 0 bridgehead atoms. The van der Waals surface area contributed by atoms with Gasteiger partial charge < -0.3 is 15.0 Å². The molecule has 0 aliphatic carbocycles. The van der Waals surface area contributed by atoms with Gasteiger partial charge in [-0.1, -0.05) is 13.0 Å². The molecule has 2 amide bonds. The molecule has 1 aromatic heterocycles. The van der Waals surface area contributed by atoms with Crippen LogP contribution in [0.1, 0.15) is 51.1 Å². The number of nitrogens with one attached hydrogen (secondary N) is 1. The maximum atomic E-state index is 12.7. The number of ether oxygens (including phenoxy) is 1. The van der Waals surface area contributed by atoms with Crippen LogP contribution in [0.3, 0.4) is 0 Å². The molecular formula is C21H23N3O4. The number of anilines is 1. The number of piperidine rings is 1. The summed E-state index contributed by atoms with van der Waals surface area (Å²) in [6.45, 7) is 3.61. The predicted molar refractivity (Wildman–Crippen MR) is 104 cm³/mol. The number of methoxy groups -OCH3 is 1. The summed E-state index contributed by atoms with van der Waals surface area (Å²) in [6.07, 6.45) is 1.96. The van der Waals surface area contributed by atoms with E-state index in [1.807, 2.05) is 0 Å². The molecule has 0 spiro atoms. The number of hydrogen-bond donors (Lipinski definition) is 1. The third kappa shape index (κ3) is 4.54. The molecule has 1 aliphatic rings. The van der Waals surface area contributed by atoms with Crippen molar-refractivity contribution >= 4 is 23.5 Å². The van der Waals surface area contributed by atoms with Gasteiger partial charge in [0.2, 0.25) is 0 Å². The third-order valence-electron chi connectivity index (χ3n) is 4.84. The van der Waals surface area contributed by atoms with E-state index in [1.54, 1.807) is 47.4 Å². The topological polar surface area (TPSA) is 88.6 Å². The number of benzene rings is 1. The smallest absolute Gasteiger partial charge is 0.337 e. The molecule has 2 aromatic rings. The van der Waals surface area contributed by atoms with Gasteiger partial charge >= 0.3 is 5.97 Å². The predicted octanol–water partition coefficient (Wildman–Crippen LogP) is 2.99. The van der Waals surface area contributed by atoms with Gasteiger partial charge in [-0.15, -0.1) is 0 Å². The minimum Gasteiger partial charge on any atom is -0.465 e. The van der Waals surface area contributed by atoms with Crippen LogP contribution in [-0.4, -0.2) is 47.9 Å². The minimum atomic E-state index is -0.446. The average molecular weight is 381 g/mol. The van der Waals surface area contributed by atoms with Crippen molar-refractivity contribution in [3.63, 3.8) is 0 Å². The second-order valence-electron chi connectivity index (χ2n) is 6.91. The molecule has 1 aliphatic heterocycles. The number of esters is 1. The van der Waals surface area contributed by atoms with Crippen molar-refractivity contribution in [2.45, 2.75) is 19.8 Å². The summed E-state index contributed by atoms with van der Waals surface area (Å²) in [4.78, 5) is 42.6. The molecule has 1 N–H and O–H groups in total. The number of likely N-dealkylation sites (tertiary alicyclic amines) is 1. The number of nitrogens with zero attached hydrogens (tertiary/aromatic N) is 2. The normalized spacial score (nSPS) is 14.4. The van der Waals surface area contributed by atoms with E-state index in [-0.39, 0.29) is 17.3 Å². The van der Waals surface area contributed by atoms with E-state index in [0.717, 1.165) is 12.8 Å².